The number of fused-ring (bicyclic) bond motifs is 9. The number of rotatable bonds is 3. The summed E-state index contributed by atoms with van der Waals surface area (Å²) in [6.07, 6.45) is 17.0. The second-order valence-electron chi connectivity index (χ2n) is 18.5. The number of aryl methyl sites for hydroxylation is 11. The molecule has 0 spiro atoms. The third kappa shape index (κ3) is 18.4. The number of nitrogens with zero attached hydrogens (tertiary/aromatic N) is 12. The highest BCUT2D eigenvalue weighted by Crippen LogP contribution is 2.38. The van der Waals surface area contributed by atoms with Crippen LogP contribution in [-0.4, -0.2) is 38.1 Å². The fourth-order valence-electron chi connectivity index (χ4n) is 9.92. The Morgan fingerprint density at radius 3 is 1.38 bits per heavy atom. The molecule has 0 saturated carbocycles. The fourth-order valence-corrected chi connectivity index (χ4v) is 9.92. The lowest BCUT2D eigenvalue weighted by molar-refractivity contribution is -0.745. The summed E-state index contributed by atoms with van der Waals surface area (Å²) in [6.45, 7) is 53.6. The topological polar surface area (TPSA) is 78.3 Å². The molecule has 5 aromatic carbocycles. The van der Waals surface area contributed by atoms with Crippen LogP contribution >= 0.6 is 0 Å². The molecule has 0 amide bonds. The van der Waals surface area contributed by atoms with E-state index in [1.54, 1.807) is 25.2 Å². The number of aromatic nitrogens is 12. The summed E-state index contributed by atoms with van der Waals surface area (Å²) in [5.74, 6) is 0. The first kappa shape index (κ1) is 79.8. The van der Waals surface area contributed by atoms with E-state index in [4.69, 9.17) is 0 Å². The molecular weight excluding hydrogens is 1080 g/mol. The summed E-state index contributed by atoms with van der Waals surface area (Å²) < 4.78 is 18.9. The number of para-hydroxylation sites is 3. The molecule has 7 heterocycles. The van der Waals surface area contributed by atoms with Gasteiger partial charge in [-0.2, -0.15) is 9.36 Å². The third-order valence-corrected chi connectivity index (χ3v) is 14.1. The number of pyridine rings is 2. The summed E-state index contributed by atoms with van der Waals surface area (Å²) in [4.78, 5) is 12.2. The predicted octanol–water partition coefficient (Wildman–Crippen LogP) is 18.5. The normalized spacial score (nSPS) is 9.53. The number of hydrogen-bond donors (Lipinski definition) is 0. The van der Waals surface area contributed by atoms with Crippen molar-refractivity contribution >= 4 is 49.0 Å². The minimum absolute atomic E-state index is 1.06. The molecule has 0 aliphatic heterocycles. The van der Waals surface area contributed by atoms with Gasteiger partial charge in [-0.15, -0.1) is 27.9 Å². The quantitative estimate of drug-likeness (QED) is 0.131. The lowest BCUT2D eigenvalue weighted by Crippen LogP contribution is -2.37. The van der Waals surface area contributed by atoms with Gasteiger partial charge in [0.05, 0.1) is 23.6 Å². The number of hydrogen-bond acceptors (Lipinski definition) is 3. The van der Waals surface area contributed by atoms with E-state index in [2.05, 4.69) is 212 Å². The fraction of sp³-hybridized carbons (Fsp3) is 0.408. The van der Waals surface area contributed by atoms with E-state index in [9.17, 15) is 0 Å². The van der Waals surface area contributed by atoms with E-state index < -0.39 is 0 Å². The monoisotopic (exact) mass is 1200 g/mol. The molecular formula is C76H118N12+4. The average molecular weight is 1200 g/mol. The highest BCUT2D eigenvalue weighted by molar-refractivity contribution is 6.16. The van der Waals surface area contributed by atoms with Crippen molar-refractivity contribution in [2.45, 2.75) is 180 Å². The van der Waals surface area contributed by atoms with Crippen molar-refractivity contribution in [3.63, 3.8) is 0 Å². The van der Waals surface area contributed by atoms with Gasteiger partial charge in [0.15, 0.2) is 26.5 Å². The van der Waals surface area contributed by atoms with Crippen LogP contribution in [0.5, 0.6) is 0 Å². The molecule has 0 N–H and O–H groups in total. The highest BCUT2D eigenvalue weighted by Gasteiger charge is 2.21. The van der Waals surface area contributed by atoms with Crippen LogP contribution in [0.2, 0.25) is 0 Å². The van der Waals surface area contributed by atoms with Crippen molar-refractivity contribution in [3.8, 4) is 17.1 Å². The van der Waals surface area contributed by atoms with Crippen LogP contribution in [0, 0.1) is 55.4 Å². The second-order valence-corrected chi connectivity index (χ2v) is 18.5. The summed E-state index contributed by atoms with van der Waals surface area (Å²) in [6, 6.07) is 34.3. The molecule has 88 heavy (non-hydrogen) atoms. The first-order valence-electron chi connectivity index (χ1n) is 32.7. The largest absolute Gasteiger partial charge is 0.344 e. The summed E-state index contributed by atoms with van der Waals surface area (Å²) >= 11 is 0. The Labute approximate surface area is 533 Å². The van der Waals surface area contributed by atoms with Gasteiger partial charge in [0.1, 0.15) is 36.5 Å². The van der Waals surface area contributed by atoms with E-state index in [1.165, 1.54) is 105 Å². The molecule has 0 unspecified atom stereocenters. The van der Waals surface area contributed by atoms with Crippen molar-refractivity contribution in [2.24, 2.45) is 35.2 Å². The molecule has 0 radical (unpaired) electrons. The molecule has 12 rings (SSSR count). The number of benzene rings is 5. The zero-order valence-electron chi connectivity index (χ0n) is 60.8. The molecule has 0 saturated heterocycles. The molecule has 7 aromatic heterocycles. The van der Waals surface area contributed by atoms with E-state index in [1.807, 2.05) is 188 Å². The van der Waals surface area contributed by atoms with Crippen LogP contribution in [0.3, 0.4) is 0 Å². The molecule has 12 nitrogen and oxygen atoms in total. The van der Waals surface area contributed by atoms with Crippen LogP contribution in [0.25, 0.3) is 66.1 Å². The molecule has 478 valence electrons. The van der Waals surface area contributed by atoms with Gasteiger partial charge in [-0.25, -0.2) is 0 Å². The van der Waals surface area contributed by atoms with Crippen LogP contribution < -0.4 is 18.7 Å². The Hall–Kier alpha value is -8.25. The Morgan fingerprint density at radius 2 is 0.852 bits per heavy atom. The van der Waals surface area contributed by atoms with E-state index in [0.29, 0.717) is 0 Å². The Kier molecular flexibility index (Phi) is 37.9. The van der Waals surface area contributed by atoms with E-state index in [-0.39, 0.29) is 0 Å². The summed E-state index contributed by atoms with van der Waals surface area (Å²) in [7, 11) is 10.2. The maximum Gasteiger partial charge on any atom is 0.306 e. The van der Waals surface area contributed by atoms with Gasteiger partial charge in [0.2, 0.25) is 12.7 Å². The van der Waals surface area contributed by atoms with E-state index in [0.717, 1.165) is 5.69 Å². The summed E-state index contributed by atoms with van der Waals surface area (Å²) in [5.41, 5.74) is 19.3. The van der Waals surface area contributed by atoms with Gasteiger partial charge in [-0.3, -0.25) is 4.98 Å². The van der Waals surface area contributed by atoms with Gasteiger partial charge >= 0.3 is 12.7 Å². The zero-order valence-corrected chi connectivity index (χ0v) is 60.8. The van der Waals surface area contributed by atoms with Gasteiger partial charge in [-0.05, 0) is 146 Å². The SMILES string of the molecule is CC.CC.CC.CC.CC.CC.CC.CC.CC.Cc1c(C)c(C)c2c(c1C)c1cccc(C)c1n1c2cc[n+]1C.Cc1cc2c3ccccc3n(C)c2cc1-n1ccc[n+]1C.Cc1ccccc1-n1cnc[n+]1C.Cc1ccncc1-n1cnc[n+]1C. The zero-order chi connectivity index (χ0) is 67.5. The maximum absolute atomic E-state index is 4.08. The minimum atomic E-state index is 1.06. The van der Waals surface area contributed by atoms with Gasteiger partial charge < -0.3 is 4.57 Å². The first-order chi connectivity index (χ1) is 42.7. The first-order valence-corrected chi connectivity index (χ1v) is 32.7. The van der Waals surface area contributed by atoms with Crippen molar-refractivity contribution < 1.29 is 18.7 Å². The van der Waals surface area contributed by atoms with Crippen molar-refractivity contribution in [3.05, 3.63) is 198 Å². The lowest BCUT2D eigenvalue weighted by atomic mass is 9.89. The lowest BCUT2D eigenvalue weighted by Gasteiger charge is -2.17. The average Bonchev–Trinajstić information content (AvgIpc) is 4.13. The van der Waals surface area contributed by atoms with Crippen molar-refractivity contribution in [1.29, 1.82) is 0 Å². The Morgan fingerprint density at radius 1 is 0.352 bits per heavy atom. The molecule has 12 heteroatoms. The summed E-state index contributed by atoms with van der Waals surface area (Å²) in [5, 5.41) is 6.80. The molecule has 0 bridgehead atoms. The van der Waals surface area contributed by atoms with Gasteiger partial charge in [0, 0.05) is 52.4 Å². The molecule has 12 aromatic rings. The maximum atomic E-state index is 4.08. The predicted molar refractivity (Wildman–Crippen MR) is 382 cm³/mol. The van der Waals surface area contributed by atoms with Crippen LogP contribution in [0.1, 0.15) is 169 Å². The second kappa shape index (κ2) is 41.8. The molecule has 0 fully saturated rings. The smallest absolute Gasteiger partial charge is 0.306 e. The van der Waals surface area contributed by atoms with Gasteiger partial charge in [-0.1, -0.05) is 179 Å². The van der Waals surface area contributed by atoms with Crippen molar-refractivity contribution in [1.82, 2.24) is 38.1 Å². The highest BCUT2D eigenvalue weighted by atomic mass is 15.4. The van der Waals surface area contributed by atoms with Crippen molar-refractivity contribution in [2.75, 3.05) is 0 Å². The third-order valence-electron chi connectivity index (χ3n) is 14.1. The Bertz CT molecular complexity index is 3810. The van der Waals surface area contributed by atoms with Crippen LogP contribution in [0.15, 0.2) is 153 Å². The van der Waals surface area contributed by atoms with Crippen LogP contribution in [0.4, 0.5) is 0 Å². The Balaban J connectivity index is 0.00000108. The molecule has 0 aliphatic carbocycles. The standard InChI is InChI=1S/C21H23N2.C18H18N3.C10H12N3.C9H11N4.9C2H6/c1-12-8-7-9-17-19-15(4)13(2)14(3)16(5)20(19)18-10-11-22(6)23(18)21(12)17;1-13-11-15-14-7-4-5-8-16(14)20(3)18(15)12-17(13)21-10-6-9-19(21)2;1-9-5-3-4-6-10(9)13-8-11-7-12(13)2;1-8-3-4-10-5-9(8)13-7-11-6-12(13)2;9*1-2/h7-11H,1-6H3;4-12H,1-3H3;3-8H,1-2H3;3-7H,1-2H3;9*1-2H3/q4*+1;;;;;;;;;. The van der Waals surface area contributed by atoms with E-state index >= 15 is 0 Å². The minimum Gasteiger partial charge on any atom is -0.344 e. The molecule has 0 aliphatic rings. The molecule has 0 atom stereocenters. The van der Waals surface area contributed by atoms with Gasteiger partial charge in [0.25, 0.3) is 0 Å². The van der Waals surface area contributed by atoms with Crippen LogP contribution in [-0.2, 0) is 35.2 Å².